The van der Waals surface area contributed by atoms with Gasteiger partial charge in [-0.15, -0.1) is 0 Å². The predicted octanol–water partition coefficient (Wildman–Crippen LogP) is 3.50. The van der Waals surface area contributed by atoms with Crippen molar-refractivity contribution in [3.63, 3.8) is 0 Å². The Bertz CT molecular complexity index is 1120. The van der Waals surface area contributed by atoms with Gasteiger partial charge in [-0.25, -0.2) is 0 Å². The second-order valence-corrected chi connectivity index (χ2v) is 8.53. The molecular formula is C25H26N4O4. The third-order valence-electron chi connectivity index (χ3n) is 6.49. The lowest BCUT2D eigenvalue weighted by atomic mass is 9.95. The van der Waals surface area contributed by atoms with E-state index in [4.69, 9.17) is 9.26 Å². The van der Waals surface area contributed by atoms with Crippen molar-refractivity contribution in [2.24, 2.45) is 5.92 Å². The number of methoxy groups -OCH3 is 1. The minimum absolute atomic E-state index is 0.0198. The van der Waals surface area contributed by atoms with E-state index in [-0.39, 0.29) is 30.1 Å². The predicted molar refractivity (Wildman–Crippen MR) is 122 cm³/mol. The van der Waals surface area contributed by atoms with Crippen molar-refractivity contribution in [1.29, 1.82) is 0 Å². The fraction of sp³-hybridized carbons (Fsp3) is 0.360. The number of piperidine rings is 1. The summed E-state index contributed by atoms with van der Waals surface area (Å²) in [5.41, 5.74) is 1.69. The lowest BCUT2D eigenvalue weighted by Gasteiger charge is -2.32. The lowest BCUT2D eigenvalue weighted by Crippen LogP contribution is -2.42. The van der Waals surface area contributed by atoms with E-state index in [1.807, 2.05) is 59.5 Å². The summed E-state index contributed by atoms with van der Waals surface area (Å²) in [5, 5.41) is 4.18. The molecule has 5 rings (SSSR count). The van der Waals surface area contributed by atoms with Gasteiger partial charge in [0.15, 0.2) is 5.82 Å². The molecule has 2 aliphatic heterocycles. The Kier molecular flexibility index (Phi) is 5.81. The van der Waals surface area contributed by atoms with E-state index in [2.05, 4.69) is 10.1 Å². The Morgan fingerprint density at radius 1 is 1.06 bits per heavy atom. The highest BCUT2D eigenvalue weighted by Crippen LogP contribution is 2.31. The highest BCUT2D eigenvalue weighted by Gasteiger charge is 2.38. The first-order valence-corrected chi connectivity index (χ1v) is 11.2. The van der Waals surface area contributed by atoms with Crippen LogP contribution < -0.4 is 9.64 Å². The Balaban J connectivity index is 1.18. The van der Waals surface area contributed by atoms with Gasteiger partial charge in [0.1, 0.15) is 5.75 Å². The minimum Gasteiger partial charge on any atom is -0.497 e. The second-order valence-electron chi connectivity index (χ2n) is 8.53. The van der Waals surface area contributed by atoms with Crippen LogP contribution in [0.3, 0.4) is 0 Å². The van der Waals surface area contributed by atoms with Crippen LogP contribution in [-0.2, 0) is 9.59 Å². The molecule has 170 valence electrons. The van der Waals surface area contributed by atoms with E-state index in [0.29, 0.717) is 31.3 Å². The molecule has 2 aromatic carbocycles. The molecule has 3 heterocycles. The molecule has 0 unspecified atom stereocenters. The third-order valence-corrected chi connectivity index (χ3v) is 6.49. The molecule has 2 amide bonds. The third kappa shape index (κ3) is 4.33. The summed E-state index contributed by atoms with van der Waals surface area (Å²) in [6.07, 6.45) is 1.81. The number of benzene rings is 2. The zero-order chi connectivity index (χ0) is 22.8. The number of ether oxygens (including phenoxy) is 1. The summed E-state index contributed by atoms with van der Waals surface area (Å²) >= 11 is 0. The van der Waals surface area contributed by atoms with Crippen molar-refractivity contribution >= 4 is 17.5 Å². The highest BCUT2D eigenvalue weighted by molar-refractivity contribution is 6.00. The maximum absolute atomic E-state index is 13.1. The van der Waals surface area contributed by atoms with E-state index >= 15 is 0 Å². The van der Waals surface area contributed by atoms with Crippen LogP contribution >= 0.6 is 0 Å². The summed E-state index contributed by atoms with van der Waals surface area (Å²) in [6.45, 7) is 1.67. The molecule has 3 aromatic rings. The number of hydrogen-bond acceptors (Lipinski definition) is 6. The van der Waals surface area contributed by atoms with Gasteiger partial charge in [-0.05, 0) is 49.2 Å². The molecule has 0 radical (unpaired) electrons. The Morgan fingerprint density at radius 3 is 2.48 bits per heavy atom. The van der Waals surface area contributed by atoms with Gasteiger partial charge in [-0.2, -0.15) is 4.98 Å². The van der Waals surface area contributed by atoms with Crippen molar-refractivity contribution in [2.45, 2.75) is 25.2 Å². The van der Waals surface area contributed by atoms with E-state index < -0.39 is 0 Å². The summed E-state index contributed by atoms with van der Waals surface area (Å²) < 4.78 is 10.6. The first-order valence-electron chi connectivity index (χ1n) is 11.2. The summed E-state index contributed by atoms with van der Waals surface area (Å²) in [6, 6.07) is 17.1. The van der Waals surface area contributed by atoms with Crippen LogP contribution in [0.5, 0.6) is 5.75 Å². The monoisotopic (exact) mass is 446 g/mol. The van der Waals surface area contributed by atoms with Gasteiger partial charge in [-0.1, -0.05) is 23.4 Å². The van der Waals surface area contributed by atoms with Gasteiger partial charge in [0, 0.05) is 43.2 Å². The standard InChI is InChI=1S/C25H26N4O4/c1-32-21-9-7-20(8-10-21)29-16-19(15-22(29)30)25(31)28-13-11-17(12-14-28)23-26-24(33-27-23)18-5-3-2-4-6-18/h2-10,17,19H,11-16H2,1H3/t19-/m1/s1. The Hall–Kier alpha value is -3.68. The molecular weight excluding hydrogens is 420 g/mol. The quantitative estimate of drug-likeness (QED) is 0.596. The molecule has 8 heteroatoms. The van der Waals surface area contributed by atoms with E-state index in [0.717, 1.165) is 29.8 Å². The Labute approximate surface area is 192 Å². The maximum atomic E-state index is 13.1. The van der Waals surface area contributed by atoms with E-state index in [1.165, 1.54) is 0 Å². The number of likely N-dealkylation sites (tertiary alicyclic amines) is 1. The number of carbonyl (C=O) groups excluding carboxylic acids is 2. The molecule has 0 bridgehead atoms. The zero-order valence-electron chi connectivity index (χ0n) is 18.5. The van der Waals surface area contributed by atoms with Crippen LogP contribution in [0, 0.1) is 5.92 Å². The number of rotatable bonds is 5. The van der Waals surface area contributed by atoms with E-state index in [9.17, 15) is 9.59 Å². The number of carbonyl (C=O) groups is 2. The number of hydrogen-bond donors (Lipinski definition) is 0. The number of nitrogens with zero attached hydrogens (tertiary/aromatic N) is 4. The van der Waals surface area contributed by atoms with Crippen LogP contribution in [0.4, 0.5) is 5.69 Å². The molecule has 0 spiro atoms. The molecule has 0 N–H and O–H groups in total. The normalized spacial score (nSPS) is 19.2. The summed E-state index contributed by atoms with van der Waals surface area (Å²) in [5.74, 6) is 1.83. The largest absolute Gasteiger partial charge is 0.497 e. The van der Waals surface area contributed by atoms with Gasteiger partial charge in [0.05, 0.1) is 13.0 Å². The average Bonchev–Trinajstić information content (AvgIpc) is 3.52. The van der Waals surface area contributed by atoms with Crippen LogP contribution in [0.15, 0.2) is 59.1 Å². The number of aromatic nitrogens is 2. The zero-order valence-corrected chi connectivity index (χ0v) is 18.5. The van der Waals surface area contributed by atoms with Crippen LogP contribution in [-0.4, -0.2) is 53.6 Å². The van der Waals surface area contributed by atoms with Crippen LogP contribution in [0.1, 0.15) is 31.0 Å². The van der Waals surface area contributed by atoms with Crippen molar-refractivity contribution in [1.82, 2.24) is 15.0 Å². The van der Waals surface area contributed by atoms with E-state index in [1.54, 1.807) is 12.0 Å². The van der Waals surface area contributed by atoms with Crippen molar-refractivity contribution in [3.8, 4) is 17.2 Å². The van der Waals surface area contributed by atoms with Gasteiger partial charge >= 0.3 is 0 Å². The Morgan fingerprint density at radius 2 is 1.79 bits per heavy atom. The molecule has 2 aliphatic rings. The molecule has 33 heavy (non-hydrogen) atoms. The molecule has 2 fully saturated rings. The summed E-state index contributed by atoms with van der Waals surface area (Å²) in [7, 11) is 1.61. The fourth-order valence-corrected chi connectivity index (χ4v) is 4.60. The topological polar surface area (TPSA) is 88.8 Å². The first-order chi connectivity index (χ1) is 16.1. The second kappa shape index (κ2) is 9.05. The van der Waals surface area contributed by atoms with Gasteiger partial charge in [0.25, 0.3) is 5.89 Å². The van der Waals surface area contributed by atoms with Crippen LogP contribution in [0.25, 0.3) is 11.5 Å². The minimum atomic E-state index is -0.314. The molecule has 2 saturated heterocycles. The van der Waals surface area contributed by atoms with Gasteiger partial charge in [-0.3, -0.25) is 9.59 Å². The maximum Gasteiger partial charge on any atom is 0.257 e. The average molecular weight is 447 g/mol. The fourth-order valence-electron chi connectivity index (χ4n) is 4.60. The molecule has 0 saturated carbocycles. The van der Waals surface area contributed by atoms with Crippen LogP contribution in [0.2, 0.25) is 0 Å². The molecule has 8 nitrogen and oxygen atoms in total. The van der Waals surface area contributed by atoms with Crippen molar-refractivity contribution in [3.05, 3.63) is 60.4 Å². The molecule has 0 aliphatic carbocycles. The first kappa shape index (κ1) is 21.2. The van der Waals surface area contributed by atoms with Gasteiger partial charge < -0.3 is 19.1 Å². The highest BCUT2D eigenvalue weighted by atomic mass is 16.5. The van der Waals surface area contributed by atoms with Crippen molar-refractivity contribution in [2.75, 3.05) is 31.6 Å². The number of anilines is 1. The smallest absolute Gasteiger partial charge is 0.257 e. The number of amides is 2. The van der Waals surface area contributed by atoms with Gasteiger partial charge in [0.2, 0.25) is 11.8 Å². The van der Waals surface area contributed by atoms with Crippen molar-refractivity contribution < 1.29 is 18.8 Å². The lowest BCUT2D eigenvalue weighted by molar-refractivity contribution is -0.136. The molecule has 1 aromatic heterocycles. The molecule has 1 atom stereocenters. The summed E-state index contributed by atoms with van der Waals surface area (Å²) in [4.78, 5) is 33.9. The SMILES string of the molecule is COc1ccc(N2C[C@H](C(=O)N3CCC(c4noc(-c5ccccc5)n4)CC3)CC2=O)cc1.